The summed E-state index contributed by atoms with van der Waals surface area (Å²) < 4.78 is 5.10. The van der Waals surface area contributed by atoms with E-state index in [1.165, 1.54) is 0 Å². The van der Waals surface area contributed by atoms with Gasteiger partial charge in [0, 0.05) is 6.54 Å². The van der Waals surface area contributed by atoms with Crippen LogP contribution in [-0.2, 0) is 6.54 Å². The number of ether oxygens (including phenoxy) is 1. The third-order valence-electron chi connectivity index (χ3n) is 2.48. The molecule has 0 radical (unpaired) electrons. The van der Waals surface area contributed by atoms with E-state index in [9.17, 15) is 0 Å². The van der Waals surface area contributed by atoms with E-state index >= 15 is 0 Å². The van der Waals surface area contributed by atoms with Crippen LogP contribution in [0.3, 0.4) is 0 Å². The second-order valence-electron chi connectivity index (χ2n) is 3.80. The number of nitrogens with two attached hydrogens (primary N) is 1. The smallest absolute Gasteiger partial charge is 0.145 e. The number of hydrogen-bond acceptors (Lipinski definition) is 4. The summed E-state index contributed by atoms with van der Waals surface area (Å²) in [5, 5.41) is 3.67. The van der Waals surface area contributed by atoms with Gasteiger partial charge in [0.05, 0.1) is 24.0 Å². The number of aromatic nitrogens is 1. The Balaban J connectivity index is 2.02. The van der Waals surface area contributed by atoms with Crippen LogP contribution in [0.25, 0.3) is 0 Å². The van der Waals surface area contributed by atoms with E-state index in [-0.39, 0.29) is 0 Å². The molecule has 5 heteroatoms. The molecule has 4 nitrogen and oxygen atoms in total. The highest BCUT2D eigenvalue weighted by Crippen LogP contribution is 2.21. The lowest BCUT2D eigenvalue weighted by Gasteiger charge is -2.08. The largest absolute Gasteiger partial charge is 0.497 e. The minimum atomic E-state index is 0.517. The SMILES string of the molecule is COc1ccc(CNc2ncc(N)cc2Cl)cc1. The van der Waals surface area contributed by atoms with Gasteiger partial charge in [-0.15, -0.1) is 0 Å². The molecule has 0 bridgehead atoms. The third kappa shape index (κ3) is 3.05. The maximum absolute atomic E-state index is 6.02. The number of benzene rings is 1. The molecule has 0 aliphatic rings. The number of nitrogens with zero attached hydrogens (tertiary/aromatic N) is 1. The average Bonchev–Trinajstić information content (AvgIpc) is 2.38. The van der Waals surface area contributed by atoms with E-state index in [1.807, 2.05) is 24.3 Å². The van der Waals surface area contributed by atoms with Crippen LogP contribution in [0.5, 0.6) is 5.75 Å². The first-order chi connectivity index (χ1) is 8.69. The number of rotatable bonds is 4. The molecule has 1 aromatic heterocycles. The van der Waals surface area contributed by atoms with Gasteiger partial charge in [-0.2, -0.15) is 0 Å². The van der Waals surface area contributed by atoms with Gasteiger partial charge in [-0.05, 0) is 23.8 Å². The molecular formula is C13H14ClN3O. The third-order valence-corrected chi connectivity index (χ3v) is 2.77. The van der Waals surface area contributed by atoms with Crippen LogP contribution >= 0.6 is 11.6 Å². The summed E-state index contributed by atoms with van der Waals surface area (Å²) in [6.07, 6.45) is 1.57. The maximum atomic E-state index is 6.02. The molecule has 94 valence electrons. The van der Waals surface area contributed by atoms with Gasteiger partial charge in [0.25, 0.3) is 0 Å². The molecule has 1 heterocycles. The first kappa shape index (κ1) is 12.5. The standard InChI is InChI=1S/C13H14ClN3O/c1-18-11-4-2-9(3-5-11)7-16-13-12(14)6-10(15)8-17-13/h2-6,8H,7,15H2,1H3,(H,16,17). The first-order valence-electron chi connectivity index (χ1n) is 5.47. The predicted molar refractivity (Wildman–Crippen MR) is 74.0 cm³/mol. The molecule has 2 rings (SSSR count). The topological polar surface area (TPSA) is 60.2 Å². The number of nitrogens with one attached hydrogen (secondary N) is 1. The van der Waals surface area contributed by atoms with Crippen molar-refractivity contribution in [3.8, 4) is 5.75 Å². The molecule has 0 unspecified atom stereocenters. The summed E-state index contributed by atoms with van der Waals surface area (Å²) in [6.45, 7) is 0.640. The lowest BCUT2D eigenvalue weighted by molar-refractivity contribution is 0.414. The maximum Gasteiger partial charge on any atom is 0.145 e. The van der Waals surface area contributed by atoms with E-state index in [0.29, 0.717) is 23.1 Å². The molecule has 0 fully saturated rings. The van der Waals surface area contributed by atoms with Crippen molar-refractivity contribution in [1.82, 2.24) is 4.98 Å². The fourth-order valence-corrected chi connectivity index (χ4v) is 1.75. The summed E-state index contributed by atoms with van der Waals surface area (Å²) in [7, 11) is 1.64. The highest BCUT2D eigenvalue weighted by atomic mass is 35.5. The fourth-order valence-electron chi connectivity index (χ4n) is 1.51. The zero-order valence-electron chi connectivity index (χ0n) is 9.98. The van der Waals surface area contributed by atoms with Crippen LogP contribution in [0.4, 0.5) is 11.5 Å². The van der Waals surface area contributed by atoms with Crippen LogP contribution < -0.4 is 15.8 Å². The molecule has 1 aromatic carbocycles. The molecule has 0 saturated carbocycles. The van der Waals surface area contributed by atoms with Crippen molar-refractivity contribution in [3.05, 3.63) is 47.1 Å². The van der Waals surface area contributed by atoms with Gasteiger partial charge < -0.3 is 15.8 Å². The summed E-state index contributed by atoms with van der Waals surface area (Å²) in [4.78, 5) is 4.13. The van der Waals surface area contributed by atoms with E-state index in [1.54, 1.807) is 19.4 Å². The van der Waals surface area contributed by atoms with Crippen LogP contribution in [0, 0.1) is 0 Å². The number of hydrogen-bond donors (Lipinski definition) is 2. The Labute approximate surface area is 111 Å². The van der Waals surface area contributed by atoms with Crippen molar-refractivity contribution in [2.75, 3.05) is 18.2 Å². The monoisotopic (exact) mass is 263 g/mol. The van der Waals surface area contributed by atoms with Gasteiger partial charge in [0.15, 0.2) is 0 Å². The quantitative estimate of drug-likeness (QED) is 0.890. The summed E-state index contributed by atoms with van der Waals surface area (Å²) >= 11 is 6.02. The van der Waals surface area contributed by atoms with Gasteiger partial charge in [-0.3, -0.25) is 0 Å². The zero-order valence-corrected chi connectivity index (χ0v) is 10.7. The molecule has 18 heavy (non-hydrogen) atoms. The minimum Gasteiger partial charge on any atom is -0.497 e. The molecule has 0 saturated heterocycles. The second kappa shape index (κ2) is 5.60. The van der Waals surface area contributed by atoms with E-state index < -0.39 is 0 Å². The number of anilines is 2. The summed E-state index contributed by atoms with van der Waals surface area (Å²) in [6, 6.07) is 9.46. The minimum absolute atomic E-state index is 0.517. The predicted octanol–water partition coefficient (Wildman–Crippen LogP) is 2.94. The summed E-state index contributed by atoms with van der Waals surface area (Å²) in [5.41, 5.74) is 7.25. The Morgan fingerprint density at radius 3 is 2.67 bits per heavy atom. The van der Waals surface area contributed by atoms with Gasteiger partial charge in [0.1, 0.15) is 11.6 Å². The molecule has 2 aromatic rings. The average molecular weight is 264 g/mol. The molecule has 0 atom stereocenters. The van der Waals surface area contributed by atoms with Gasteiger partial charge in [-0.25, -0.2) is 4.98 Å². The van der Waals surface area contributed by atoms with Crippen LogP contribution in [0.1, 0.15) is 5.56 Å². The van der Waals surface area contributed by atoms with Gasteiger partial charge in [0.2, 0.25) is 0 Å². The molecule has 0 aliphatic carbocycles. The Morgan fingerprint density at radius 2 is 2.06 bits per heavy atom. The van der Waals surface area contributed by atoms with Crippen LogP contribution in [0.15, 0.2) is 36.5 Å². The van der Waals surface area contributed by atoms with Gasteiger partial charge >= 0.3 is 0 Å². The number of halogens is 1. The number of nitrogen functional groups attached to an aromatic ring is 1. The van der Waals surface area contributed by atoms with Crippen LogP contribution in [0.2, 0.25) is 5.02 Å². The molecule has 0 amide bonds. The highest BCUT2D eigenvalue weighted by Gasteiger charge is 2.02. The lowest BCUT2D eigenvalue weighted by Crippen LogP contribution is -2.02. The molecule has 0 aliphatic heterocycles. The Bertz CT molecular complexity index is 528. The Hall–Kier alpha value is -1.94. The first-order valence-corrected chi connectivity index (χ1v) is 5.84. The molecule has 0 spiro atoms. The van der Waals surface area contributed by atoms with Gasteiger partial charge in [-0.1, -0.05) is 23.7 Å². The normalized spacial score (nSPS) is 10.1. The van der Waals surface area contributed by atoms with Crippen LogP contribution in [-0.4, -0.2) is 12.1 Å². The zero-order chi connectivity index (χ0) is 13.0. The highest BCUT2D eigenvalue weighted by molar-refractivity contribution is 6.33. The van der Waals surface area contributed by atoms with Crippen molar-refractivity contribution in [3.63, 3.8) is 0 Å². The number of methoxy groups -OCH3 is 1. The number of pyridine rings is 1. The van der Waals surface area contributed by atoms with Crippen molar-refractivity contribution >= 4 is 23.1 Å². The van der Waals surface area contributed by atoms with E-state index in [2.05, 4.69) is 10.3 Å². The van der Waals surface area contributed by atoms with E-state index in [0.717, 1.165) is 11.3 Å². The van der Waals surface area contributed by atoms with Crippen molar-refractivity contribution < 1.29 is 4.74 Å². The Kier molecular flexibility index (Phi) is 3.89. The molecular weight excluding hydrogens is 250 g/mol. The van der Waals surface area contributed by atoms with E-state index in [4.69, 9.17) is 22.1 Å². The Morgan fingerprint density at radius 1 is 1.33 bits per heavy atom. The van der Waals surface area contributed by atoms with Crippen molar-refractivity contribution in [1.29, 1.82) is 0 Å². The lowest BCUT2D eigenvalue weighted by atomic mass is 10.2. The van der Waals surface area contributed by atoms with Crippen molar-refractivity contribution in [2.24, 2.45) is 0 Å². The molecule has 3 N–H and O–H groups in total. The second-order valence-corrected chi connectivity index (χ2v) is 4.21. The summed E-state index contributed by atoms with van der Waals surface area (Å²) in [5.74, 6) is 1.46. The van der Waals surface area contributed by atoms with Crippen molar-refractivity contribution in [2.45, 2.75) is 6.54 Å². The fraction of sp³-hybridized carbons (Fsp3) is 0.154.